The van der Waals surface area contributed by atoms with Gasteiger partial charge in [-0.25, -0.2) is 4.79 Å². The molecule has 0 fully saturated rings. The molecule has 3 atom stereocenters. The molecule has 0 aromatic heterocycles. The molecule has 180 valence electrons. The van der Waals surface area contributed by atoms with Crippen LogP contribution in [0.3, 0.4) is 0 Å². The monoisotopic (exact) mass is 451 g/mol. The van der Waals surface area contributed by atoms with Crippen LogP contribution in [0.4, 0.5) is 4.79 Å². The van der Waals surface area contributed by atoms with Gasteiger partial charge in [0, 0.05) is 13.7 Å². The summed E-state index contributed by atoms with van der Waals surface area (Å²) in [4.78, 5) is 37.4. The zero-order valence-electron chi connectivity index (χ0n) is 19.4. The number of likely N-dealkylation sites (N-methyl/N-ethyl adjacent to an activating group) is 1. The fourth-order valence-electron chi connectivity index (χ4n) is 3.02. The highest BCUT2D eigenvalue weighted by molar-refractivity contribution is 5.87. The van der Waals surface area contributed by atoms with Gasteiger partial charge in [0.25, 0.3) is 5.91 Å². The zero-order chi connectivity index (χ0) is 23.9. The first-order valence-corrected chi connectivity index (χ1v) is 11.0. The maximum Gasteiger partial charge on any atom is 0.407 e. The number of carbonyl (C=O) groups is 3. The summed E-state index contributed by atoms with van der Waals surface area (Å²) >= 11 is 0. The molecular formula is C23H37N3O6. The van der Waals surface area contributed by atoms with E-state index in [4.69, 9.17) is 9.47 Å². The van der Waals surface area contributed by atoms with Gasteiger partial charge in [-0.05, 0) is 37.7 Å². The van der Waals surface area contributed by atoms with Crippen molar-refractivity contribution in [2.24, 2.45) is 5.92 Å². The Morgan fingerprint density at radius 1 is 1.00 bits per heavy atom. The van der Waals surface area contributed by atoms with Crippen LogP contribution in [-0.2, 0) is 25.5 Å². The van der Waals surface area contributed by atoms with Crippen molar-refractivity contribution in [1.82, 2.24) is 16.0 Å². The van der Waals surface area contributed by atoms with Crippen LogP contribution in [0.1, 0.15) is 39.2 Å². The molecule has 9 heteroatoms. The average Bonchev–Trinajstić information content (AvgIpc) is 2.76. The molecule has 0 radical (unpaired) electrons. The fraction of sp³-hybridized carbons (Fsp3) is 0.609. The van der Waals surface area contributed by atoms with Crippen molar-refractivity contribution < 1.29 is 29.0 Å². The lowest BCUT2D eigenvalue weighted by atomic mass is 9.98. The third kappa shape index (κ3) is 10.6. The predicted molar refractivity (Wildman–Crippen MR) is 121 cm³/mol. The molecule has 1 aromatic carbocycles. The number of carbonyl (C=O) groups excluding carboxylic acids is 3. The number of hydrogen-bond donors (Lipinski definition) is 4. The lowest BCUT2D eigenvalue weighted by molar-refractivity contribution is -0.132. The highest BCUT2D eigenvalue weighted by Crippen LogP contribution is 2.11. The predicted octanol–water partition coefficient (Wildman–Crippen LogP) is 1.39. The Kier molecular flexibility index (Phi) is 13.0. The standard InChI is InChI=1S/C23H37N3O6/c1-5-24-22(29)20(27)19(15-17-9-7-6-8-10-17)25-21(28)18(12-11-16(2)3)26-23(30)32-14-13-31-4/h6-10,16,18-20,27H,5,11-15H2,1-4H3,(H,24,29)(H,25,28)(H,26,30)/t18-,19?,20?/m0/s1. The molecular weight excluding hydrogens is 414 g/mol. The highest BCUT2D eigenvalue weighted by atomic mass is 16.6. The second kappa shape index (κ2) is 15.2. The molecule has 0 spiro atoms. The molecule has 0 saturated heterocycles. The summed E-state index contributed by atoms with van der Waals surface area (Å²) in [6, 6.07) is 7.51. The number of hydrogen-bond acceptors (Lipinski definition) is 6. The van der Waals surface area contributed by atoms with E-state index >= 15 is 0 Å². The van der Waals surface area contributed by atoms with E-state index in [9.17, 15) is 19.5 Å². The van der Waals surface area contributed by atoms with E-state index in [1.165, 1.54) is 7.11 Å². The summed E-state index contributed by atoms with van der Waals surface area (Å²) in [5.41, 5.74) is 0.854. The quantitative estimate of drug-likeness (QED) is 0.317. The van der Waals surface area contributed by atoms with Crippen LogP contribution in [0.15, 0.2) is 30.3 Å². The number of aliphatic hydroxyl groups excluding tert-OH is 1. The first-order valence-electron chi connectivity index (χ1n) is 11.0. The van der Waals surface area contributed by atoms with E-state index in [0.717, 1.165) is 5.56 Å². The topological polar surface area (TPSA) is 126 Å². The van der Waals surface area contributed by atoms with E-state index in [1.807, 2.05) is 44.2 Å². The van der Waals surface area contributed by atoms with Crippen LogP contribution in [-0.4, -0.2) is 68.1 Å². The van der Waals surface area contributed by atoms with Crippen LogP contribution in [0.25, 0.3) is 0 Å². The number of amides is 3. The molecule has 2 unspecified atom stereocenters. The van der Waals surface area contributed by atoms with Crippen molar-refractivity contribution in [3.05, 3.63) is 35.9 Å². The Morgan fingerprint density at radius 2 is 1.69 bits per heavy atom. The van der Waals surface area contributed by atoms with E-state index in [1.54, 1.807) is 6.92 Å². The molecule has 4 N–H and O–H groups in total. The molecule has 32 heavy (non-hydrogen) atoms. The summed E-state index contributed by atoms with van der Waals surface area (Å²) in [6.45, 7) is 6.44. The number of alkyl carbamates (subject to hydrolysis) is 1. The van der Waals surface area contributed by atoms with E-state index in [-0.39, 0.29) is 19.6 Å². The van der Waals surface area contributed by atoms with Crippen molar-refractivity contribution in [2.45, 2.75) is 58.2 Å². The molecule has 0 heterocycles. The largest absolute Gasteiger partial charge is 0.447 e. The lowest BCUT2D eigenvalue weighted by Crippen LogP contribution is -2.56. The Hall–Kier alpha value is -2.65. The number of ether oxygens (including phenoxy) is 2. The van der Waals surface area contributed by atoms with E-state index in [0.29, 0.717) is 25.3 Å². The SMILES string of the molecule is CCNC(=O)C(O)C(Cc1ccccc1)NC(=O)[C@H](CCC(C)C)NC(=O)OCCOC. The Morgan fingerprint density at radius 3 is 2.28 bits per heavy atom. The molecule has 0 saturated carbocycles. The molecule has 9 nitrogen and oxygen atoms in total. The van der Waals surface area contributed by atoms with Crippen LogP contribution >= 0.6 is 0 Å². The molecule has 1 aromatic rings. The summed E-state index contributed by atoms with van der Waals surface area (Å²) < 4.78 is 9.87. The van der Waals surface area contributed by atoms with Crippen molar-refractivity contribution >= 4 is 17.9 Å². The van der Waals surface area contributed by atoms with Gasteiger partial charge in [0.05, 0.1) is 12.6 Å². The first-order chi connectivity index (χ1) is 15.3. The van der Waals surface area contributed by atoms with Crippen molar-refractivity contribution in [3.8, 4) is 0 Å². The Bertz CT molecular complexity index is 698. The van der Waals surface area contributed by atoms with Crippen LogP contribution in [0.5, 0.6) is 0 Å². The summed E-state index contributed by atoms with van der Waals surface area (Å²) in [5, 5.41) is 18.5. The van der Waals surface area contributed by atoms with Crippen molar-refractivity contribution in [1.29, 1.82) is 0 Å². The minimum absolute atomic E-state index is 0.0629. The highest BCUT2D eigenvalue weighted by Gasteiger charge is 2.30. The van der Waals surface area contributed by atoms with Gasteiger partial charge in [0.1, 0.15) is 12.6 Å². The van der Waals surface area contributed by atoms with Gasteiger partial charge < -0.3 is 30.5 Å². The molecule has 0 aliphatic rings. The molecule has 0 aliphatic carbocycles. The van der Waals surface area contributed by atoms with Gasteiger partial charge in [-0.1, -0.05) is 44.2 Å². The summed E-state index contributed by atoms with van der Waals surface area (Å²) in [6.07, 6.45) is -0.843. The summed E-state index contributed by atoms with van der Waals surface area (Å²) in [5.74, 6) is -0.740. The maximum absolute atomic E-state index is 13.1. The number of methoxy groups -OCH3 is 1. The zero-order valence-corrected chi connectivity index (χ0v) is 19.4. The average molecular weight is 452 g/mol. The second-order valence-corrected chi connectivity index (χ2v) is 7.94. The minimum Gasteiger partial charge on any atom is -0.447 e. The van der Waals surface area contributed by atoms with E-state index < -0.39 is 36.1 Å². The third-order valence-electron chi connectivity index (χ3n) is 4.79. The van der Waals surface area contributed by atoms with Gasteiger partial charge in [0.2, 0.25) is 5.91 Å². The summed E-state index contributed by atoms with van der Waals surface area (Å²) in [7, 11) is 1.49. The number of rotatable bonds is 14. The number of aliphatic hydroxyl groups is 1. The molecule has 0 aliphatic heterocycles. The number of nitrogens with one attached hydrogen (secondary N) is 3. The van der Waals surface area contributed by atoms with Gasteiger partial charge in [-0.2, -0.15) is 0 Å². The molecule has 3 amide bonds. The van der Waals surface area contributed by atoms with Crippen molar-refractivity contribution in [2.75, 3.05) is 26.9 Å². The number of benzene rings is 1. The van der Waals surface area contributed by atoms with Crippen LogP contribution < -0.4 is 16.0 Å². The fourth-order valence-corrected chi connectivity index (χ4v) is 3.02. The first kappa shape index (κ1) is 27.4. The second-order valence-electron chi connectivity index (χ2n) is 7.94. The van der Waals surface area contributed by atoms with Gasteiger partial charge in [-0.15, -0.1) is 0 Å². The normalized spacial score (nSPS) is 13.7. The Balaban J connectivity index is 2.94. The van der Waals surface area contributed by atoms with Gasteiger partial charge in [0.15, 0.2) is 6.10 Å². The van der Waals surface area contributed by atoms with Crippen LogP contribution in [0.2, 0.25) is 0 Å². The molecule has 0 bridgehead atoms. The van der Waals surface area contributed by atoms with Crippen LogP contribution in [0, 0.1) is 5.92 Å². The van der Waals surface area contributed by atoms with E-state index in [2.05, 4.69) is 16.0 Å². The maximum atomic E-state index is 13.1. The van der Waals surface area contributed by atoms with Gasteiger partial charge in [-0.3, -0.25) is 9.59 Å². The van der Waals surface area contributed by atoms with Gasteiger partial charge >= 0.3 is 6.09 Å². The third-order valence-corrected chi connectivity index (χ3v) is 4.79. The Labute approximate surface area is 190 Å². The molecule has 1 rings (SSSR count). The lowest BCUT2D eigenvalue weighted by Gasteiger charge is -2.27. The van der Waals surface area contributed by atoms with Crippen molar-refractivity contribution in [3.63, 3.8) is 0 Å². The smallest absolute Gasteiger partial charge is 0.407 e. The minimum atomic E-state index is -1.45.